The first-order chi connectivity index (χ1) is 28.7. The van der Waals surface area contributed by atoms with Crippen LogP contribution in [0.1, 0.15) is 45.0 Å². The lowest BCUT2D eigenvalue weighted by molar-refractivity contribution is 0.437. The van der Waals surface area contributed by atoms with Gasteiger partial charge in [-0.15, -0.1) is 0 Å². The molecule has 2 aliphatic rings. The van der Waals surface area contributed by atoms with Crippen LogP contribution in [0, 0.1) is 0 Å². The lowest BCUT2D eigenvalue weighted by Gasteiger charge is -2.40. The Balaban J connectivity index is 1.11. The second kappa shape index (κ2) is 13.7. The molecule has 1 atom stereocenters. The molecule has 0 fully saturated rings. The molecule has 9 aromatic carbocycles. The maximum Gasteiger partial charge on any atom is 0.132 e. The summed E-state index contributed by atoms with van der Waals surface area (Å²) in [7, 11) is 0. The molecule has 274 valence electrons. The minimum absolute atomic E-state index is 0.310. The fourth-order valence-corrected chi connectivity index (χ4v) is 9.42. The number of benzene rings is 9. The second-order valence-corrected chi connectivity index (χ2v) is 15.2. The number of para-hydroxylation sites is 2. The number of nitrogens with two attached hydrogens (primary N) is 1. The Labute approximate surface area is 338 Å². The Morgan fingerprint density at radius 2 is 1.07 bits per heavy atom. The summed E-state index contributed by atoms with van der Waals surface area (Å²) in [6.45, 7) is 0. The fraction of sp³-hybridized carbons (Fsp3) is 0.0364. The van der Waals surface area contributed by atoms with Crippen LogP contribution in [0.2, 0.25) is 0 Å². The Morgan fingerprint density at radius 3 is 1.76 bits per heavy atom. The van der Waals surface area contributed by atoms with Gasteiger partial charge in [0, 0.05) is 17.3 Å². The molecule has 0 saturated heterocycles. The van der Waals surface area contributed by atoms with Gasteiger partial charge in [-0.2, -0.15) is 0 Å². The summed E-state index contributed by atoms with van der Waals surface area (Å²) < 4.78 is 6.72. The van der Waals surface area contributed by atoms with Gasteiger partial charge in [0.05, 0.1) is 17.2 Å². The number of aliphatic imine (C=N–C) groups is 1. The van der Waals surface area contributed by atoms with Crippen molar-refractivity contribution in [2.45, 2.75) is 11.5 Å². The van der Waals surface area contributed by atoms with Gasteiger partial charge in [-0.05, 0) is 95.9 Å². The van der Waals surface area contributed by atoms with Crippen molar-refractivity contribution in [2.24, 2.45) is 10.7 Å². The van der Waals surface area contributed by atoms with Crippen LogP contribution in [0.15, 0.2) is 211 Å². The molecule has 1 aliphatic carbocycles. The van der Waals surface area contributed by atoms with Crippen molar-refractivity contribution in [2.75, 3.05) is 0 Å². The normalized spacial score (nSPS) is 14.2. The third-order valence-corrected chi connectivity index (χ3v) is 12.0. The van der Waals surface area contributed by atoms with E-state index in [1.165, 1.54) is 43.8 Å². The van der Waals surface area contributed by atoms with Gasteiger partial charge in [-0.1, -0.05) is 182 Å². The van der Waals surface area contributed by atoms with Gasteiger partial charge in [-0.25, -0.2) is 0 Å². The molecule has 0 saturated carbocycles. The molecule has 3 nitrogen and oxygen atoms in total. The highest BCUT2D eigenvalue weighted by molar-refractivity contribution is 6.19. The van der Waals surface area contributed by atoms with E-state index in [4.69, 9.17) is 15.5 Å². The van der Waals surface area contributed by atoms with E-state index < -0.39 is 5.41 Å². The quantitative estimate of drug-likeness (QED) is 0.136. The monoisotopic (exact) mass is 742 g/mol. The smallest absolute Gasteiger partial charge is 0.132 e. The van der Waals surface area contributed by atoms with E-state index in [1.807, 2.05) is 42.6 Å². The lowest BCUT2D eigenvalue weighted by atomic mass is 9.64. The molecule has 58 heavy (non-hydrogen) atoms. The number of hydrogen-bond donors (Lipinski definition) is 1. The van der Waals surface area contributed by atoms with E-state index in [1.54, 1.807) is 0 Å². The van der Waals surface area contributed by atoms with Gasteiger partial charge >= 0.3 is 0 Å². The van der Waals surface area contributed by atoms with Crippen molar-refractivity contribution in [3.8, 4) is 33.8 Å². The highest BCUT2D eigenvalue weighted by Gasteiger charge is 2.52. The zero-order valence-electron chi connectivity index (χ0n) is 31.7. The van der Waals surface area contributed by atoms with Crippen molar-refractivity contribution < 1.29 is 4.74 Å². The third kappa shape index (κ3) is 5.28. The van der Waals surface area contributed by atoms with Crippen molar-refractivity contribution in [3.63, 3.8) is 0 Å². The summed E-state index contributed by atoms with van der Waals surface area (Å²) in [5, 5.41) is 5.04. The zero-order valence-corrected chi connectivity index (χ0v) is 31.7. The van der Waals surface area contributed by atoms with E-state index in [0.29, 0.717) is 0 Å². The maximum absolute atomic E-state index is 6.76. The molecule has 0 aromatic heterocycles. The minimum atomic E-state index is -0.620. The van der Waals surface area contributed by atoms with Crippen molar-refractivity contribution in [3.05, 3.63) is 245 Å². The van der Waals surface area contributed by atoms with Crippen molar-refractivity contribution in [1.29, 1.82) is 0 Å². The fourth-order valence-electron chi connectivity index (χ4n) is 9.42. The standard InChI is InChI=1S/C55H38N2O/c56-49(38-17-5-2-6-18-38)34-50(57-35-36-15-3-1-4-16-36)39-29-27-37(28-30-39)40-31-32-45-48(33-40)55(46-23-11-13-25-51(46)58-52-26-14-12-24-47(52)55)54-44-22-10-8-20-42(44)41-19-7-9-21-43(41)53(45)54/h1-35,49H,56H2/b50-34-,57-35+. The van der Waals surface area contributed by atoms with Crippen LogP contribution >= 0.6 is 0 Å². The highest BCUT2D eigenvalue weighted by atomic mass is 16.5. The maximum atomic E-state index is 6.76. The minimum Gasteiger partial charge on any atom is -0.457 e. The molecular weight excluding hydrogens is 705 g/mol. The van der Waals surface area contributed by atoms with Crippen LogP contribution in [0.5, 0.6) is 11.5 Å². The molecule has 0 radical (unpaired) electrons. The Kier molecular flexibility index (Phi) is 8.02. The predicted octanol–water partition coefficient (Wildman–Crippen LogP) is 13.3. The third-order valence-electron chi connectivity index (χ3n) is 12.0. The van der Waals surface area contributed by atoms with Crippen LogP contribution in [-0.2, 0) is 5.41 Å². The lowest BCUT2D eigenvalue weighted by Crippen LogP contribution is -2.32. The number of rotatable bonds is 6. The predicted molar refractivity (Wildman–Crippen MR) is 240 cm³/mol. The summed E-state index contributed by atoms with van der Waals surface area (Å²) in [6, 6.07) is 70.9. The number of hydrogen-bond acceptors (Lipinski definition) is 3. The average Bonchev–Trinajstić information content (AvgIpc) is 3.59. The molecule has 1 unspecified atom stereocenters. The summed E-state index contributed by atoms with van der Waals surface area (Å²) in [4.78, 5) is 5.00. The van der Waals surface area contributed by atoms with Crippen LogP contribution in [0.3, 0.4) is 0 Å². The van der Waals surface area contributed by atoms with Crippen molar-refractivity contribution >= 4 is 33.5 Å². The molecule has 1 spiro atoms. The SMILES string of the molecule is NC(/C=C(\N=C\c1ccccc1)c1ccc(-c2ccc3c(c2)C2(c4ccccc4Oc4ccccc42)c2c-3c3ccccc3c3ccccc23)cc1)c1ccccc1. The van der Waals surface area contributed by atoms with Crippen LogP contribution in [-0.4, -0.2) is 6.21 Å². The van der Waals surface area contributed by atoms with Gasteiger partial charge in [0.15, 0.2) is 0 Å². The number of nitrogens with zero attached hydrogens (tertiary/aromatic N) is 1. The first-order valence-electron chi connectivity index (χ1n) is 19.9. The molecule has 2 N–H and O–H groups in total. The molecule has 9 aromatic rings. The van der Waals surface area contributed by atoms with E-state index in [9.17, 15) is 0 Å². The van der Waals surface area contributed by atoms with Gasteiger partial charge in [0.1, 0.15) is 11.5 Å². The van der Waals surface area contributed by atoms with Crippen molar-refractivity contribution in [1.82, 2.24) is 0 Å². The number of fused-ring (bicyclic) bond motifs is 14. The molecular formula is C55H38N2O. The zero-order chi connectivity index (χ0) is 38.6. The summed E-state index contributed by atoms with van der Waals surface area (Å²) in [5.41, 5.74) is 19.7. The topological polar surface area (TPSA) is 47.6 Å². The van der Waals surface area contributed by atoms with E-state index in [0.717, 1.165) is 56.1 Å². The average molecular weight is 743 g/mol. The van der Waals surface area contributed by atoms with E-state index in [-0.39, 0.29) is 6.04 Å². The molecule has 0 amide bonds. The summed E-state index contributed by atoms with van der Waals surface area (Å²) in [5.74, 6) is 1.77. The highest BCUT2D eigenvalue weighted by Crippen LogP contribution is 2.65. The Morgan fingerprint density at radius 1 is 0.517 bits per heavy atom. The van der Waals surface area contributed by atoms with Crippen LogP contribution in [0.4, 0.5) is 0 Å². The van der Waals surface area contributed by atoms with E-state index >= 15 is 0 Å². The van der Waals surface area contributed by atoms with Gasteiger partial charge < -0.3 is 10.5 Å². The van der Waals surface area contributed by atoms with Crippen LogP contribution < -0.4 is 10.5 Å². The Bertz CT molecular complexity index is 3050. The number of ether oxygens (including phenoxy) is 1. The van der Waals surface area contributed by atoms with Gasteiger partial charge in [0.25, 0.3) is 0 Å². The second-order valence-electron chi connectivity index (χ2n) is 15.2. The molecule has 0 bridgehead atoms. The Hall–Kier alpha value is -7.33. The summed E-state index contributed by atoms with van der Waals surface area (Å²) in [6.07, 6.45) is 3.96. The largest absolute Gasteiger partial charge is 0.457 e. The van der Waals surface area contributed by atoms with Gasteiger partial charge in [-0.3, -0.25) is 4.99 Å². The van der Waals surface area contributed by atoms with Gasteiger partial charge in [0.2, 0.25) is 0 Å². The molecule has 11 rings (SSSR count). The first-order valence-corrected chi connectivity index (χ1v) is 19.9. The van der Waals surface area contributed by atoms with E-state index in [2.05, 4.69) is 170 Å². The molecule has 1 heterocycles. The van der Waals surface area contributed by atoms with Crippen LogP contribution in [0.25, 0.3) is 49.5 Å². The first kappa shape index (κ1) is 34.0. The summed E-state index contributed by atoms with van der Waals surface area (Å²) >= 11 is 0. The molecule has 3 heteroatoms. The molecule has 1 aliphatic heterocycles.